The Labute approximate surface area is 101 Å². The Morgan fingerprint density at radius 1 is 1.47 bits per heavy atom. The van der Waals surface area contributed by atoms with Crippen LogP contribution in [0.5, 0.6) is 0 Å². The average Bonchev–Trinajstić information content (AvgIpc) is 2.29. The first kappa shape index (κ1) is 12.1. The first-order valence-corrected chi connectivity index (χ1v) is 6.18. The third-order valence-electron chi connectivity index (χ3n) is 3.18. The number of nitrogens with one attached hydrogen (secondary N) is 1. The molecular formula is C12H20N4O. The standard InChI is InChI=1S/C12H20N4O/c1-8(2)10-7-11(17)15-12(14-10)16-5-3-9(13)4-6-16/h7-9H,3-6,13H2,1-2H3,(H,14,15,17). The van der Waals surface area contributed by atoms with Gasteiger partial charge in [-0.15, -0.1) is 0 Å². The Balaban J connectivity index is 2.23. The molecule has 1 fully saturated rings. The second-order valence-corrected chi connectivity index (χ2v) is 4.97. The predicted molar refractivity (Wildman–Crippen MR) is 68.4 cm³/mol. The zero-order valence-electron chi connectivity index (χ0n) is 10.4. The quantitative estimate of drug-likeness (QED) is 0.797. The maximum atomic E-state index is 11.6. The normalized spacial score (nSPS) is 17.8. The monoisotopic (exact) mass is 236 g/mol. The fourth-order valence-electron chi connectivity index (χ4n) is 2.02. The van der Waals surface area contributed by atoms with Crippen molar-refractivity contribution in [3.05, 3.63) is 22.1 Å². The van der Waals surface area contributed by atoms with Crippen LogP contribution in [0.3, 0.4) is 0 Å². The molecule has 94 valence electrons. The molecule has 0 amide bonds. The molecule has 0 spiro atoms. The minimum Gasteiger partial charge on any atom is -0.342 e. The highest BCUT2D eigenvalue weighted by Gasteiger charge is 2.18. The maximum Gasteiger partial charge on any atom is 0.252 e. The van der Waals surface area contributed by atoms with Gasteiger partial charge in [-0.25, -0.2) is 4.98 Å². The van der Waals surface area contributed by atoms with E-state index in [1.165, 1.54) is 0 Å². The lowest BCUT2D eigenvalue weighted by molar-refractivity contribution is 0.494. The van der Waals surface area contributed by atoms with Gasteiger partial charge in [-0.2, -0.15) is 0 Å². The predicted octanol–water partition coefficient (Wildman–Crippen LogP) is 0.821. The van der Waals surface area contributed by atoms with Gasteiger partial charge >= 0.3 is 0 Å². The number of anilines is 1. The number of nitrogens with two attached hydrogens (primary N) is 1. The van der Waals surface area contributed by atoms with Crippen molar-refractivity contribution in [3.8, 4) is 0 Å². The molecule has 0 atom stereocenters. The highest BCUT2D eigenvalue weighted by atomic mass is 16.1. The summed E-state index contributed by atoms with van der Waals surface area (Å²) in [5.41, 5.74) is 6.63. The first-order chi connectivity index (χ1) is 8.06. The fraction of sp³-hybridized carbons (Fsp3) is 0.667. The van der Waals surface area contributed by atoms with E-state index in [9.17, 15) is 4.79 Å². The van der Waals surface area contributed by atoms with Crippen LogP contribution >= 0.6 is 0 Å². The van der Waals surface area contributed by atoms with Crippen molar-refractivity contribution in [2.45, 2.75) is 38.6 Å². The summed E-state index contributed by atoms with van der Waals surface area (Å²) in [7, 11) is 0. The molecule has 0 aliphatic carbocycles. The lowest BCUT2D eigenvalue weighted by atomic mass is 10.1. The van der Waals surface area contributed by atoms with E-state index in [-0.39, 0.29) is 17.5 Å². The summed E-state index contributed by atoms with van der Waals surface area (Å²) in [5.74, 6) is 0.955. The van der Waals surface area contributed by atoms with E-state index in [1.54, 1.807) is 6.07 Å². The molecule has 17 heavy (non-hydrogen) atoms. The molecule has 5 heteroatoms. The molecule has 0 unspecified atom stereocenters. The summed E-state index contributed by atoms with van der Waals surface area (Å²) in [6.45, 7) is 5.81. The van der Waals surface area contributed by atoms with E-state index >= 15 is 0 Å². The molecule has 1 aliphatic rings. The second kappa shape index (κ2) is 4.87. The minimum atomic E-state index is -0.0754. The van der Waals surface area contributed by atoms with Gasteiger partial charge in [-0.3, -0.25) is 9.78 Å². The minimum absolute atomic E-state index is 0.0754. The van der Waals surface area contributed by atoms with E-state index in [1.807, 2.05) is 13.8 Å². The molecule has 1 aromatic heterocycles. The van der Waals surface area contributed by atoms with Crippen LogP contribution in [-0.2, 0) is 0 Å². The van der Waals surface area contributed by atoms with Crippen LogP contribution in [0.4, 0.5) is 5.95 Å². The zero-order valence-corrected chi connectivity index (χ0v) is 10.4. The molecule has 0 saturated carbocycles. The van der Waals surface area contributed by atoms with Gasteiger partial charge in [0.05, 0.1) is 5.69 Å². The number of rotatable bonds is 2. The van der Waals surface area contributed by atoms with Crippen molar-refractivity contribution in [2.75, 3.05) is 18.0 Å². The molecule has 3 N–H and O–H groups in total. The lowest BCUT2D eigenvalue weighted by Crippen LogP contribution is -2.41. The average molecular weight is 236 g/mol. The van der Waals surface area contributed by atoms with Crippen molar-refractivity contribution in [3.63, 3.8) is 0 Å². The zero-order chi connectivity index (χ0) is 12.4. The number of hydrogen-bond acceptors (Lipinski definition) is 4. The highest BCUT2D eigenvalue weighted by Crippen LogP contribution is 2.16. The van der Waals surface area contributed by atoms with Gasteiger partial charge in [0.25, 0.3) is 5.56 Å². The topological polar surface area (TPSA) is 75.0 Å². The number of nitrogens with zero attached hydrogens (tertiary/aromatic N) is 2. The molecule has 0 aromatic carbocycles. The van der Waals surface area contributed by atoms with E-state index in [0.29, 0.717) is 5.95 Å². The summed E-state index contributed by atoms with van der Waals surface area (Å²) >= 11 is 0. The third kappa shape index (κ3) is 2.85. The molecule has 0 radical (unpaired) electrons. The fourth-order valence-corrected chi connectivity index (χ4v) is 2.02. The summed E-state index contributed by atoms with van der Waals surface area (Å²) in [6.07, 6.45) is 1.91. The molecule has 2 heterocycles. The summed E-state index contributed by atoms with van der Waals surface area (Å²) in [4.78, 5) is 21.0. The van der Waals surface area contributed by atoms with Gasteiger partial charge in [0.2, 0.25) is 5.95 Å². The van der Waals surface area contributed by atoms with Gasteiger partial charge in [0.1, 0.15) is 0 Å². The number of H-pyrrole nitrogens is 1. The molecule has 0 bridgehead atoms. The number of piperidine rings is 1. The Hall–Kier alpha value is -1.36. The molecule has 1 aromatic rings. The van der Waals surface area contributed by atoms with Gasteiger partial charge in [0.15, 0.2) is 0 Å². The largest absolute Gasteiger partial charge is 0.342 e. The van der Waals surface area contributed by atoms with E-state index in [2.05, 4.69) is 14.9 Å². The van der Waals surface area contributed by atoms with Crippen molar-refractivity contribution < 1.29 is 0 Å². The first-order valence-electron chi connectivity index (χ1n) is 6.18. The van der Waals surface area contributed by atoms with E-state index in [0.717, 1.165) is 31.6 Å². The van der Waals surface area contributed by atoms with E-state index < -0.39 is 0 Å². The summed E-state index contributed by atoms with van der Waals surface area (Å²) in [6, 6.07) is 1.86. The van der Waals surface area contributed by atoms with E-state index in [4.69, 9.17) is 5.73 Å². The Kier molecular flexibility index (Phi) is 3.47. The van der Waals surface area contributed by atoms with Crippen LogP contribution in [0.15, 0.2) is 10.9 Å². The van der Waals surface area contributed by atoms with Gasteiger partial charge in [-0.1, -0.05) is 13.8 Å². The van der Waals surface area contributed by atoms with Gasteiger partial charge < -0.3 is 10.6 Å². The second-order valence-electron chi connectivity index (χ2n) is 4.97. The van der Waals surface area contributed by atoms with Crippen LogP contribution in [-0.4, -0.2) is 29.1 Å². The molecule has 1 saturated heterocycles. The Morgan fingerprint density at radius 3 is 2.71 bits per heavy atom. The third-order valence-corrected chi connectivity index (χ3v) is 3.18. The van der Waals surface area contributed by atoms with Crippen LogP contribution in [0.1, 0.15) is 38.3 Å². The van der Waals surface area contributed by atoms with Crippen LogP contribution in [0.25, 0.3) is 0 Å². The van der Waals surface area contributed by atoms with Gasteiger partial charge in [-0.05, 0) is 18.8 Å². The van der Waals surface area contributed by atoms with Crippen molar-refractivity contribution in [1.29, 1.82) is 0 Å². The molecular weight excluding hydrogens is 216 g/mol. The lowest BCUT2D eigenvalue weighted by Gasteiger charge is -2.30. The molecule has 2 rings (SSSR count). The molecule has 1 aliphatic heterocycles. The van der Waals surface area contributed by atoms with Crippen molar-refractivity contribution in [2.24, 2.45) is 5.73 Å². The van der Waals surface area contributed by atoms with Crippen molar-refractivity contribution >= 4 is 5.95 Å². The van der Waals surface area contributed by atoms with Crippen LogP contribution in [0, 0.1) is 0 Å². The van der Waals surface area contributed by atoms with Crippen LogP contribution in [0.2, 0.25) is 0 Å². The smallest absolute Gasteiger partial charge is 0.252 e. The summed E-state index contributed by atoms with van der Waals surface area (Å²) in [5, 5.41) is 0. The van der Waals surface area contributed by atoms with Crippen molar-refractivity contribution in [1.82, 2.24) is 9.97 Å². The Bertz CT molecular complexity index is 432. The number of aromatic nitrogens is 2. The Morgan fingerprint density at radius 2 is 2.12 bits per heavy atom. The highest BCUT2D eigenvalue weighted by molar-refractivity contribution is 5.31. The number of aromatic amines is 1. The molecule has 5 nitrogen and oxygen atoms in total. The maximum absolute atomic E-state index is 11.6. The summed E-state index contributed by atoms with van der Waals surface area (Å²) < 4.78 is 0. The van der Waals surface area contributed by atoms with Crippen LogP contribution < -0.4 is 16.2 Å². The number of hydrogen-bond donors (Lipinski definition) is 2. The van der Waals surface area contributed by atoms with Gasteiger partial charge in [0, 0.05) is 25.2 Å². The SMILES string of the molecule is CC(C)c1cc(=O)[nH]c(N2CCC(N)CC2)n1.